The molecule has 0 aromatic heterocycles. The number of piperidine rings is 1. The van der Waals surface area contributed by atoms with Crippen molar-refractivity contribution in [2.24, 2.45) is 11.8 Å². The number of likely N-dealkylation sites (tertiary alicyclic amines) is 1. The van der Waals surface area contributed by atoms with Gasteiger partial charge in [-0.25, -0.2) is 0 Å². The van der Waals surface area contributed by atoms with Crippen LogP contribution in [0.15, 0.2) is 18.2 Å². The zero-order valence-electron chi connectivity index (χ0n) is 12.9. The van der Waals surface area contributed by atoms with Crippen molar-refractivity contribution in [1.29, 1.82) is 0 Å². The molecule has 2 aliphatic heterocycles. The number of hydrogen-bond acceptors (Lipinski definition) is 4. The summed E-state index contributed by atoms with van der Waals surface area (Å²) in [6, 6.07) is 6.59. The quantitative estimate of drug-likeness (QED) is 0.867. The fraction of sp³-hybridized carbons (Fsp3) is 0.588. The second-order valence-electron chi connectivity index (χ2n) is 6.26. The van der Waals surface area contributed by atoms with Gasteiger partial charge < -0.3 is 10.1 Å². The van der Waals surface area contributed by atoms with E-state index in [1.165, 1.54) is 23.9 Å². The number of benzene rings is 1. The molecule has 21 heavy (non-hydrogen) atoms. The molecule has 1 saturated heterocycles. The molecule has 1 N–H and O–H groups in total. The Morgan fingerprint density at radius 2 is 2.33 bits per heavy atom. The average Bonchev–Trinajstić information content (AvgIpc) is 2.96. The molecule has 2 unspecified atom stereocenters. The molecule has 0 saturated carbocycles. The first-order valence-corrected chi connectivity index (χ1v) is 7.84. The minimum atomic E-state index is -0.0515. The second-order valence-corrected chi connectivity index (χ2v) is 6.26. The van der Waals surface area contributed by atoms with E-state index in [1.807, 2.05) is 0 Å². The Labute approximate surface area is 126 Å². The lowest BCUT2D eigenvalue weighted by molar-refractivity contribution is -0.149. The van der Waals surface area contributed by atoms with Gasteiger partial charge >= 0.3 is 5.97 Å². The molecular formula is C17H24N2O2. The van der Waals surface area contributed by atoms with Crippen LogP contribution in [0, 0.1) is 11.8 Å². The molecular weight excluding hydrogens is 264 g/mol. The van der Waals surface area contributed by atoms with E-state index in [0.29, 0.717) is 5.92 Å². The van der Waals surface area contributed by atoms with Crippen LogP contribution < -0.4 is 5.32 Å². The number of nitrogens with zero attached hydrogens (tertiary/aromatic N) is 1. The van der Waals surface area contributed by atoms with Crippen LogP contribution in [0.3, 0.4) is 0 Å². The zero-order chi connectivity index (χ0) is 14.8. The Balaban J connectivity index is 1.65. The molecule has 3 rings (SSSR count). The highest BCUT2D eigenvalue weighted by Crippen LogP contribution is 2.30. The first-order chi connectivity index (χ1) is 10.2. The predicted octanol–water partition coefficient (Wildman–Crippen LogP) is 2.29. The summed E-state index contributed by atoms with van der Waals surface area (Å²) in [4.78, 5) is 14.2. The van der Waals surface area contributed by atoms with Gasteiger partial charge in [0.15, 0.2) is 0 Å². The van der Waals surface area contributed by atoms with Gasteiger partial charge in [0.2, 0.25) is 0 Å². The van der Waals surface area contributed by atoms with Gasteiger partial charge in [-0.3, -0.25) is 9.69 Å². The number of hydrogen-bond donors (Lipinski definition) is 1. The molecule has 0 bridgehead atoms. The number of para-hydroxylation sites is 1. The average molecular weight is 288 g/mol. The monoisotopic (exact) mass is 288 g/mol. The molecule has 2 aliphatic rings. The third kappa shape index (κ3) is 2.91. The van der Waals surface area contributed by atoms with E-state index in [9.17, 15) is 4.79 Å². The lowest BCUT2D eigenvalue weighted by Crippen LogP contribution is -2.42. The van der Waals surface area contributed by atoms with Gasteiger partial charge in [0.25, 0.3) is 0 Å². The summed E-state index contributed by atoms with van der Waals surface area (Å²) in [7, 11) is 1.49. The highest BCUT2D eigenvalue weighted by atomic mass is 16.5. The highest BCUT2D eigenvalue weighted by molar-refractivity contribution is 5.72. The minimum absolute atomic E-state index is 0.0515. The number of anilines is 1. The summed E-state index contributed by atoms with van der Waals surface area (Å²) in [5, 5.41) is 3.50. The van der Waals surface area contributed by atoms with Crippen molar-refractivity contribution in [2.45, 2.75) is 26.3 Å². The van der Waals surface area contributed by atoms with Crippen LogP contribution in [-0.4, -0.2) is 37.6 Å². The molecule has 0 amide bonds. The van der Waals surface area contributed by atoms with Crippen LogP contribution in [0.4, 0.5) is 5.69 Å². The van der Waals surface area contributed by atoms with Crippen LogP contribution in [0.25, 0.3) is 0 Å². The molecule has 1 aromatic rings. The smallest absolute Gasteiger partial charge is 0.309 e. The van der Waals surface area contributed by atoms with Gasteiger partial charge in [-0.1, -0.05) is 25.1 Å². The number of carbonyl (C=O) groups is 1. The Morgan fingerprint density at radius 3 is 3.10 bits per heavy atom. The maximum Gasteiger partial charge on any atom is 0.309 e. The van der Waals surface area contributed by atoms with Crippen LogP contribution >= 0.6 is 0 Å². The standard InChI is InChI=1S/C17H24N2O2/c1-12-10-19(9-7-15(12)17(20)21-2)11-14-5-3-4-13-6-8-18-16(13)14/h3-5,12,15,18H,6-11H2,1-2H3. The number of fused-ring (bicyclic) bond motifs is 1. The second kappa shape index (κ2) is 6.06. The van der Waals surface area contributed by atoms with E-state index in [0.717, 1.165) is 39.0 Å². The summed E-state index contributed by atoms with van der Waals surface area (Å²) in [5.41, 5.74) is 4.15. The Hall–Kier alpha value is -1.55. The summed E-state index contributed by atoms with van der Waals surface area (Å²) in [5.74, 6) is 0.367. The molecule has 0 aliphatic carbocycles. The SMILES string of the molecule is COC(=O)C1CCN(Cc2cccc3c2NCC3)CC1C. The van der Waals surface area contributed by atoms with Crippen molar-refractivity contribution in [3.63, 3.8) is 0 Å². The van der Waals surface area contributed by atoms with Crippen molar-refractivity contribution in [2.75, 3.05) is 32.1 Å². The van der Waals surface area contributed by atoms with Crippen LogP contribution in [0.5, 0.6) is 0 Å². The maximum atomic E-state index is 11.7. The van der Waals surface area contributed by atoms with Crippen LogP contribution in [0.2, 0.25) is 0 Å². The highest BCUT2D eigenvalue weighted by Gasteiger charge is 2.32. The van der Waals surface area contributed by atoms with Crippen LogP contribution in [-0.2, 0) is 22.5 Å². The van der Waals surface area contributed by atoms with Crippen molar-refractivity contribution < 1.29 is 9.53 Å². The van der Waals surface area contributed by atoms with Gasteiger partial charge in [-0.2, -0.15) is 0 Å². The maximum absolute atomic E-state index is 11.7. The summed E-state index contributed by atoms with van der Waals surface area (Å²) in [6.07, 6.45) is 2.03. The lowest BCUT2D eigenvalue weighted by atomic mass is 9.86. The van der Waals surface area contributed by atoms with E-state index < -0.39 is 0 Å². The van der Waals surface area contributed by atoms with Crippen LogP contribution in [0.1, 0.15) is 24.5 Å². The first-order valence-electron chi connectivity index (χ1n) is 7.84. The Kier molecular flexibility index (Phi) is 4.15. The molecule has 114 valence electrons. The van der Waals surface area contributed by atoms with Crippen molar-refractivity contribution in [3.8, 4) is 0 Å². The van der Waals surface area contributed by atoms with Crippen molar-refractivity contribution in [3.05, 3.63) is 29.3 Å². The fourth-order valence-corrected chi connectivity index (χ4v) is 3.66. The van der Waals surface area contributed by atoms with E-state index in [-0.39, 0.29) is 11.9 Å². The normalized spacial score (nSPS) is 25.2. The number of rotatable bonds is 3. The Bertz CT molecular complexity index is 530. The van der Waals surface area contributed by atoms with Gasteiger partial charge in [0.05, 0.1) is 13.0 Å². The Morgan fingerprint density at radius 1 is 1.48 bits per heavy atom. The summed E-state index contributed by atoms with van der Waals surface area (Å²) < 4.78 is 4.91. The number of ether oxygens (including phenoxy) is 1. The largest absolute Gasteiger partial charge is 0.469 e. The molecule has 2 heterocycles. The van der Waals surface area contributed by atoms with E-state index in [1.54, 1.807) is 0 Å². The molecule has 4 heteroatoms. The van der Waals surface area contributed by atoms with Gasteiger partial charge in [0, 0.05) is 25.3 Å². The van der Waals surface area contributed by atoms with E-state index in [4.69, 9.17) is 4.74 Å². The minimum Gasteiger partial charge on any atom is -0.469 e. The molecule has 2 atom stereocenters. The third-order valence-electron chi connectivity index (χ3n) is 4.82. The fourth-order valence-electron chi connectivity index (χ4n) is 3.66. The summed E-state index contributed by atoms with van der Waals surface area (Å²) in [6.45, 7) is 6.10. The van der Waals surface area contributed by atoms with E-state index in [2.05, 4.69) is 35.3 Å². The lowest BCUT2D eigenvalue weighted by Gasteiger charge is -2.35. The van der Waals surface area contributed by atoms with E-state index >= 15 is 0 Å². The number of nitrogens with one attached hydrogen (secondary N) is 1. The predicted molar refractivity (Wildman–Crippen MR) is 83.2 cm³/mol. The van der Waals surface area contributed by atoms with Gasteiger partial charge in [-0.05, 0) is 36.4 Å². The molecule has 1 aromatic carbocycles. The first kappa shape index (κ1) is 14.4. The van der Waals surface area contributed by atoms with Gasteiger partial charge in [0.1, 0.15) is 0 Å². The molecule has 0 radical (unpaired) electrons. The number of esters is 1. The summed E-state index contributed by atoms with van der Waals surface area (Å²) >= 11 is 0. The van der Waals surface area contributed by atoms with Crippen molar-refractivity contribution >= 4 is 11.7 Å². The number of carbonyl (C=O) groups excluding carboxylic acids is 1. The zero-order valence-corrected chi connectivity index (χ0v) is 12.9. The topological polar surface area (TPSA) is 41.6 Å². The third-order valence-corrected chi connectivity index (χ3v) is 4.82. The molecule has 0 spiro atoms. The molecule has 4 nitrogen and oxygen atoms in total. The van der Waals surface area contributed by atoms with Crippen molar-refractivity contribution in [1.82, 2.24) is 4.90 Å². The molecule has 1 fully saturated rings. The van der Waals surface area contributed by atoms with Gasteiger partial charge in [-0.15, -0.1) is 0 Å². The number of methoxy groups -OCH3 is 1.